The molecule has 2 aromatic rings. The van der Waals surface area contributed by atoms with Gasteiger partial charge in [-0.3, -0.25) is 0 Å². The molecule has 2 aliphatic rings. The molecule has 0 atom stereocenters. The summed E-state index contributed by atoms with van der Waals surface area (Å²) in [7, 11) is 0. The highest BCUT2D eigenvalue weighted by molar-refractivity contribution is 5.89. The summed E-state index contributed by atoms with van der Waals surface area (Å²) in [6, 6.07) is 10.1. The third kappa shape index (κ3) is 4.60. The second-order valence-corrected chi connectivity index (χ2v) is 7.82. The number of amides is 2. The van der Waals surface area contributed by atoms with E-state index in [0.29, 0.717) is 13.1 Å². The van der Waals surface area contributed by atoms with Gasteiger partial charge in [0.05, 0.1) is 0 Å². The molecule has 2 amide bonds. The first-order chi connectivity index (χ1) is 14.1. The number of hydrogen-bond donors (Lipinski definition) is 1. The highest BCUT2D eigenvalue weighted by Gasteiger charge is 2.24. The van der Waals surface area contributed by atoms with Crippen molar-refractivity contribution in [2.45, 2.75) is 33.1 Å². The maximum atomic E-state index is 12.7. The van der Waals surface area contributed by atoms with E-state index in [1.165, 1.54) is 18.4 Å². The number of carbonyl (C=O) groups excluding carboxylic acids is 1. The second-order valence-electron chi connectivity index (χ2n) is 7.82. The molecule has 0 bridgehead atoms. The van der Waals surface area contributed by atoms with Gasteiger partial charge in [-0.2, -0.15) is 4.98 Å². The van der Waals surface area contributed by atoms with Gasteiger partial charge < -0.3 is 20.0 Å². The maximum Gasteiger partial charge on any atom is 0.321 e. The Labute approximate surface area is 172 Å². The average Bonchev–Trinajstić information content (AvgIpc) is 3.28. The van der Waals surface area contributed by atoms with Crippen LogP contribution in [0.3, 0.4) is 0 Å². The van der Waals surface area contributed by atoms with Crippen molar-refractivity contribution in [2.75, 3.05) is 54.4 Å². The standard InChI is InChI=1S/C22H30N6O/c1-3-18-7-6-8-19(16-18)24-22(29)28-13-11-26(12-14-28)20-15-17(2)23-21(25-20)27-9-4-5-10-27/h6-8,15-16H,3-5,9-14H2,1-2H3,(H,24,29). The molecule has 0 radical (unpaired) electrons. The first-order valence-electron chi connectivity index (χ1n) is 10.6. The number of nitrogens with one attached hydrogen (secondary N) is 1. The van der Waals surface area contributed by atoms with Gasteiger partial charge in [0.2, 0.25) is 5.95 Å². The molecule has 2 saturated heterocycles. The van der Waals surface area contributed by atoms with Crippen molar-refractivity contribution in [1.29, 1.82) is 0 Å². The lowest BCUT2D eigenvalue weighted by molar-refractivity contribution is 0.208. The van der Waals surface area contributed by atoms with Gasteiger partial charge in [0.25, 0.3) is 0 Å². The molecule has 29 heavy (non-hydrogen) atoms. The zero-order valence-electron chi connectivity index (χ0n) is 17.4. The first kappa shape index (κ1) is 19.5. The fourth-order valence-electron chi connectivity index (χ4n) is 3.97. The van der Waals surface area contributed by atoms with Crippen LogP contribution in [0.25, 0.3) is 0 Å². The van der Waals surface area contributed by atoms with E-state index >= 15 is 0 Å². The molecule has 3 heterocycles. The highest BCUT2D eigenvalue weighted by Crippen LogP contribution is 2.22. The van der Waals surface area contributed by atoms with E-state index in [2.05, 4.69) is 33.1 Å². The smallest absolute Gasteiger partial charge is 0.321 e. The fourth-order valence-corrected chi connectivity index (χ4v) is 3.97. The monoisotopic (exact) mass is 394 g/mol. The van der Waals surface area contributed by atoms with Gasteiger partial charge in [-0.1, -0.05) is 19.1 Å². The van der Waals surface area contributed by atoms with E-state index in [4.69, 9.17) is 4.98 Å². The maximum absolute atomic E-state index is 12.7. The largest absolute Gasteiger partial charge is 0.353 e. The molecule has 1 aromatic heterocycles. The third-order valence-electron chi connectivity index (χ3n) is 5.70. The summed E-state index contributed by atoms with van der Waals surface area (Å²) in [5.41, 5.74) is 3.08. The van der Waals surface area contributed by atoms with Gasteiger partial charge in [-0.05, 0) is 43.9 Å². The first-order valence-corrected chi connectivity index (χ1v) is 10.6. The molecule has 0 spiro atoms. The zero-order valence-corrected chi connectivity index (χ0v) is 17.4. The summed E-state index contributed by atoms with van der Waals surface area (Å²) in [5.74, 6) is 1.81. The molecule has 2 aliphatic heterocycles. The van der Waals surface area contributed by atoms with Crippen LogP contribution in [0.1, 0.15) is 31.0 Å². The van der Waals surface area contributed by atoms with Gasteiger partial charge in [-0.15, -0.1) is 0 Å². The lowest BCUT2D eigenvalue weighted by atomic mass is 10.1. The number of benzene rings is 1. The van der Waals surface area contributed by atoms with Crippen molar-refractivity contribution in [1.82, 2.24) is 14.9 Å². The fraction of sp³-hybridized carbons (Fsp3) is 0.500. The molecular formula is C22H30N6O. The molecule has 154 valence electrons. The van der Waals surface area contributed by atoms with Crippen LogP contribution in [0, 0.1) is 6.92 Å². The van der Waals surface area contributed by atoms with Crippen molar-refractivity contribution in [3.05, 3.63) is 41.6 Å². The van der Waals surface area contributed by atoms with E-state index in [9.17, 15) is 4.79 Å². The van der Waals surface area contributed by atoms with Crippen LogP contribution in [0.5, 0.6) is 0 Å². The van der Waals surface area contributed by atoms with E-state index in [-0.39, 0.29) is 6.03 Å². The predicted octanol–water partition coefficient (Wildman–Crippen LogP) is 3.30. The Morgan fingerprint density at radius 2 is 1.76 bits per heavy atom. The van der Waals surface area contributed by atoms with Crippen LogP contribution in [-0.2, 0) is 6.42 Å². The van der Waals surface area contributed by atoms with E-state index in [1.54, 1.807) is 0 Å². The van der Waals surface area contributed by atoms with Crippen LogP contribution < -0.4 is 15.1 Å². The molecule has 4 rings (SSSR count). The third-order valence-corrected chi connectivity index (χ3v) is 5.70. The Hall–Kier alpha value is -2.83. The molecule has 0 saturated carbocycles. The second kappa shape index (κ2) is 8.68. The minimum Gasteiger partial charge on any atom is -0.353 e. The van der Waals surface area contributed by atoms with Gasteiger partial charge in [0.15, 0.2) is 0 Å². The van der Waals surface area contributed by atoms with Crippen LogP contribution in [0.2, 0.25) is 0 Å². The average molecular weight is 395 g/mol. The topological polar surface area (TPSA) is 64.6 Å². The molecule has 0 unspecified atom stereocenters. The summed E-state index contributed by atoms with van der Waals surface area (Å²) in [4.78, 5) is 28.5. The van der Waals surface area contributed by atoms with Crippen molar-refractivity contribution in [3.63, 3.8) is 0 Å². The van der Waals surface area contributed by atoms with Gasteiger partial charge in [0, 0.05) is 56.7 Å². The van der Waals surface area contributed by atoms with Crippen molar-refractivity contribution in [2.24, 2.45) is 0 Å². The molecular weight excluding hydrogens is 364 g/mol. The summed E-state index contributed by atoms with van der Waals surface area (Å²) < 4.78 is 0. The number of nitrogens with zero attached hydrogens (tertiary/aromatic N) is 5. The minimum absolute atomic E-state index is 0.0328. The SMILES string of the molecule is CCc1cccc(NC(=O)N2CCN(c3cc(C)nc(N4CCCC4)n3)CC2)c1. The summed E-state index contributed by atoms with van der Waals surface area (Å²) >= 11 is 0. The quantitative estimate of drug-likeness (QED) is 0.862. The molecule has 0 aliphatic carbocycles. The summed E-state index contributed by atoms with van der Waals surface area (Å²) in [5, 5.41) is 3.03. The van der Waals surface area contributed by atoms with E-state index in [1.807, 2.05) is 36.1 Å². The van der Waals surface area contributed by atoms with Crippen LogP contribution >= 0.6 is 0 Å². The lowest BCUT2D eigenvalue weighted by Gasteiger charge is -2.35. The number of piperazine rings is 1. The Morgan fingerprint density at radius 3 is 2.48 bits per heavy atom. The number of aromatic nitrogens is 2. The van der Waals surface area contributed by atoms with Crippen molar-refractivity contribution < 1.29 is 4.79 Å². The number of rotatable bonds is 4. The van der Waals surface area contributed by atoms with Crippen LogP contribution in [-0.4, -0.2) is 60.2 Å². The number of urea groups is 1. The Kier molecular flexibility index (Phi) is 5.83. The molecule has 1 aromatic carbocycles. The number of aryl methyl sites for hydroxylation is 2. The van der Waals surface area contributed by atoms with E-state index in [0.717, 1.165) is 55.7 Å². The molecule has 1 N–H and O–H groups in total. The molecule has 7 nitrogen and oxygen atoms in total. The Bertz CT molecular complexity index is 856. The number of carbonyl (C=O) groups is 1. The summed E-state index contributed by atoms with van der Waals surface area (Å²) in [6.45, 7) is 9.13. The predicted molar refractivity (Wildman–Crippen MR) is 117 cm³/mol. The highest BCUT2D eigenvalue weighted by atomic mass is 16.2. The minimum atomic E-state index is -0.0328. The van der Waals surface area contributed by atoms with Crippen molar-refractivity contribution >= 4 is 23.5 Å². The van der Waals surface area contributed by atoms with Crippen LogP contribution in [0.4, 0.5) is 22.2 Å². The molecule has 7 heteroatoms. The van der Waals surface area contributed by atoms with Crippen molar-refractivity contribution in [3.8, 4) is 0 Å². The lowest BCUT2D eigenvalue weighted by Crippen LogP contribution is -2.50. The van der Waals surface area contributed by atoms with Gasteiger partial charge in [0.1, 0.15) is 5.82 Å². The zero-order chi connectivity index (χ0) is 20.2. The number of hydrogen-bond acceptors (Lipinski definition) is 5. The van der Waals surface area contributed by atoms with Crippen LogP contribution in [0.15, 0.2) is 30.3 Å². The van der Waals surface area contributed by atoms with Gasteiger partial charge in [-0.25, -0.2) is 9.78 Å². The summed E-state index contributed by atoms with van der Waals surface area (Å²) in [6.07, 6.45) is 3.38. The normalized spacial score (nSPS) is 17.0. The Morgan fingerprint density at radius 1 is 1.00 bits per heavy atom. The Balaban J connectivity index is 1.37. The van der Waals surface area contributed by atoms with E-state index < -0.39 is 0 Å². The number of anilines is 3. The van der Waals surface area contributed by atoms with Gasteiger partial charge >= 0.3 is 6.03 Å². The molecule has 2 fully saturated rings.